The monoisotopic (exact) mass is 231 g/mol. The molecule has 0 saturated carbocycles. The number of allylic oxidation sites excluding steroid dienone is 1. The molecule has 0 aliphatic rings. The van der Waals surface area contributed by atoms with E-state index in [1.165, 1.54) is 5.56 Å². The van der Waals surface area contributed by atoms with Crippen molar-refractivity contribution in [2.45, 2.75) is 26.7 Å². The van der Waals surface area contributed by atoms with Crippen LogP contribution in [0.15, 0.2) is 42.5 Å². The largest absolute Gasteiger partial charge is 0.340 e. The third-order valence-electron chi connectivity index (χ3n) is 2.78. The van der Waals surface area contributed by atoms with Gasteiger partial charge in [-0.1, -0.05) is 36.4 Å². The lowest BCUT2D eigenvalue weighted by atomic mass is 10.1. The highest BCUT2D eigenvalue weighted by molar-refractivity contribution is 5.87. The molecule has 2 nitrogen and oxygen atoms in total. The van der Waals surface area contributed by atoms with Crippen molar-refractivity contribution in [3.63, 3.8) is 0 Å². The van der Waals surface area contributed by atoms with Gasteiger partial charge in [0.1, 0.15) is 0 Å². The Bertz CT molecular complexity index is 352. The summed E-state index contributed by atoms with van der Waals surface area (Å²) in [5.41, 5.74) is 1.31. The Labute approximate surface area is 104 Å². The standard InChI is InChI=1S/C15H21NO/c1-3-16(4-2)15(17)13-9-8-12-14-10-6-5-7-11-14/h5-7,9-11,13H,3-4,8,12H2,1-2H3/b13-9+. The molecule has 1 amide bonds. The molecule has 0 aromatic heterocycles. The molecular formula is C15H21NO. The molecule has 0 saturated heterocycles. The molecule has 0 heterocycles. The van der Waals surface area contributed by atoms with E-state index in [-0.39, 0.29) is 5.91 Å². The van der Waals surface area contributed by atoms with Gasteiger partial charge in [-0.25, -0.2) is 0 Å². The predicted molar refractivity (Wildman–Crippen MR) is 71.8 cm³/mol. The first-order valence-electron chi connectivity index (χ1n) is 6.27. The van der Waals surface area contributed by atoms with Gasteiger partial charge in [-0.3, -0.25) is 4.79 Å². The fraction of sp³-hybridized carbons (Fsp3) is 0.400. The summed E-state index contributed by atoms with van der Waals surface area (Å²) >= 11 is 0. The van der Waals surface area contributed by atoms with Crippen molar-refractivity contribution in [1.82, 2.24) is 4.90 Å². The van der Waals surface area contributed by atoms with Gasteiger partial charge in [0.05, 0.1) is 0 Å². The second kappa shape index (κ2) is 7.66. The molecule has 0 aliphatic heterocycles. The molecule has 0 N–H and O–H groups in total. The quantitative estimate of drug-likeness (QED) is 0.689. The Balaban J connectivity index is 2.33. The summed E-state index contributed by atoms with van der Waals surface area (Å²) in [6.07, 6.45) is 5.56. The van der Waals surface area contributed by atoms with Gasteiger partial charge in [-0.2, -0.15) is 0 Å². The zero-order valence-corrected chi connectivity index (χ0v) is 10.7. The van der Waals surface area contributed by atoms with E-state index in [4.69, 9.17) is 0 Å². The van der Waals surface area contributed by atoms with Crippen LogP contribution in [0.3, 0.4) is 0 Å². The summed E-state index contributed by atoms with van der Waals surface area (Å²) in [7, 11) is 0. The maximum absolute atomic E-state index is 11.7. The maximum atomic E-state index is 11.7. The van der Waals surface area contributed by atoms with Crippen LogP contribution in [-0.4, -0.2) is 23.9 Å². The number of rotatable bonds is 6. The Morgan fingerprint density at radius 1 is 1.18 bits per heavy atom. The van der Waals surface area contributed by atoms with Crippen molar-refractivity contribution in [3.05, 3.63) is 48.0 Å². The van der Waals surface area contributed by atoms with Gasteiger partial charge < -0.3 is 4.90 Å². The topological polar surface area (TPSA) is 20.3 Å². The first-order chi connectivity index (χ1) is 8.27. The lowest BCUT2D eigenvalue weighted by Gasteiger charge is -2.15. The zero-order chi connectivity index (χ0) is 12.5. The van der Waals surface area contributed by atoms with Crippen LogP contribution in [-0.2, 0) is 11.2 Å². The number of nitrogens with zero attached hydrogens (tertiary/aromatic N) is 1. The fourth-order valence-corrected chi connectivity index (χ4v) is 1.72. The fourth-order valence-electron chi connectivity index (χ4n) is 1.72. The van der Waals surface area contributed by atoms with Crippen molar-refractivity contribution in [3.8, 4) is 0 Å². The summed E-state index contributed by atoms with van der Waals surface area (Å²) in [5, 5.41) is 0. The molecule has 1 rings (SSSR count). The summed E-state index contributed by atoms with van der Waals surface area (Å²) in [5.74, 6) is 0.114. The van der Waals surface area contributed by atoms with Gasteiger partial charge in [0.15, 0.2) is 0 Å². The molecular weight excluding hydrogens is 210 g/mol. The van der Waals surface area contributed by atoms with Crippen molar-refractivity contribution >= 4 is 5.91 Å². The third kappa shape index (κ3) is 4.85. The van der Waals surface area contributed by atoms with Gasteiger partial charge in [-0.15, -0.1) is 0 Å². The van der Waals surface area contributed by atoms with Crippen LogP contribution in [0.2, 0.25) is 0 Å². The Morgan fingerprint density at radius 3 is 2.41 bits per heavy atom. The molecule has 0 bridgehead atoms. The van der Waals surface area contributed by atoms with Crippen LogP contribution in [0.5, 0.6) is 0 Å². The normalized spacial score (nSPS) is 10.7. The summed E-state index contributed by atoms with van der Waals surface area (Å²) < 4.78 is 0. The van der Waals surface area contributed by atoms with Crippen LogP contribution >= 0.6 is 0 Å². The minimum atomic E-state index is 0.114. The second-order valence-corrected chi connectivity index (χ2v) is 3.94. The average molecular weight is 231 g/mol. The Morgan fingerprint density at radius 2 is 1.82 bits per heavy atom. The van der Waals surface area contributed by atoms with Gasteiger partial charge in [0.2, 0.25) is 5.91 Å². The number of hydrogen-bond acceptors (Lipinski definition) is 1. The van der Waals surface area contributed by atoms with Gasteiger partial charge >= 0.3 is 0 Å². The number of amides is 1. The van der Waals surface area contributed by atoms with Crippen LogP contribution in [0.1, 0.15) is 25.8 Å². The summed E-state index contributed by atoms with van der Waals surface area (Å²) in [6.45, 7) is 5.55. The van der Waals surface area contributed by atoms with Gasteiger partial charge in [0, 0.05) is 13.1 Å². The van der Waals surface area contributed by atoms with Gasteiger partial charge in [0.25, 0.3) is 0 Å². The highest BCUT2D eigenvalue weighted by atomic mass is 16.2. The van der Waals surface area contributed by atoms with Crippen molar-refractivity contribution in [1.29, 1.82) is 0 Å². The second-order valence-electron chi connectivity index (χ2n) is 3.94. The molecule has 92 valence electrons. The van der Waals surface area contributed by atoms with Crippen molar-refractivity contribution in [2.24, 2.45) is 0 Å². The van der Waals surface area contributed by atoms with Crippen molar-refractivity contribution in [2.75, 3.05) is 13.1 Å². The molecule has 0 atom stereocenters. The zero-order valence-electron chi connectivity index (χ0n) is 10.7. The molecule has 1 aromatic carbocycles. The van der Waals surface area contributed by atoms with Crippen LogP contribution in [0.4, 0.5) is 0 Å². The van der Waals surface area contributed by atoms with E-state index >= 15 is 0 Å². The van der Waals surface area contributed by atoms with Crippen LogP contribution < -0.4 is 0 Å². The number of carbonyl (C=O) groups is 1. The van der Waals surface area contributed by atoms with E-state index < -0.39 is 0 Å². The summed E-state index contributed by atoms with van der Waals surface area (Å²) in [4.78, 5) is 13.5. The van der Waals surface area contributed by atoms with E-state index in [1.807, 2.05) is 43.0 Å². The lowest BCUT2D eigenvalue weighted by molar-refractivity contribution is -0.125. The Kier molecular flexibility index (Phi) is 6.08. The highest BCUT2D eigenvalue weighted by Crippen LogP contribution is 2.03. The number of carbonyl (C=O) groups excluding carboxylic acids is 1. The molecule has 1 aromatic rings. The minimum absolute atomic E-state index is 0.114. The molecule has 0 aliphatic carbocycles. The van der Waals surface area contributed by atoms with Crippen molar-refractivity contribution < 1.29 is 4.79 Å². The SMILES string of the molecule is CCN(CC)C(=O)/C=C/CCc1ccccc1. The van der Waals surface area contributed by atoms with E-state index in [2.05, 4.69) is 12.1 Å². The van der Waals surface area contributed by atoms with E-state index in [9.17, 15) is 4.79 Å². The molecule has 0 radical (unpaired) electrons. The first kappa shape index (κ1) is 13.5. The molecule has 0 fully saturated rings. The highest BCUT2D eigenvalue weighted by Gasteiger charge is 2.03. The Hall–Kier alpha value is -1.57. The molecule has 2 heteroatoms. The van der Waals surface area contributed by atoms with E-state index in [0.717, 1.165) is 25.9 Å². The third-order valence-corrected chi connectivity index (χ3v) is 2.78. The number of hydrogen-bond donors (Lipinski definition) is 0. The lowest BCUT2D eigenvalue weighted by Crippen LogP contribution is -2.28. The van der Waals surface area contributed by atoms with E-state index in [0.29, 0.717) is 0 Å². The van der Waals surface area contributed by atoms with E-state index in [1.54, 1.807) is 6.08 Å². The van der Waals surface area contributed by atoms with Crippen LogP contribution in [0, 0.1) is 0 Å². The molecule has 17 heavy (non-hydrogen) atoms. The predicted octanol–water partition coefficient (Wildman–Crippen LogP) is 3.04. The smallest absolute Gasteiger partial charge is 0.246 e. The maximum Gasteiger partial charge on any atom is 0.246 e. The molecule has 0 unspecified atom stereocenters. The number of likely N-dealkylation sites (N-methyl/N-ethyl adjacent to an activating group) is 1. The van der Waals surface area contributed by atoms with Gasteiger partial charge in [-0.05, 0) is 38.3 Å². The molecule has 0 spiro atoms. The first-order valence-corrected chi connectivity index (χ1v) is 6.27. The minimum Gasteiger partial charge on any atom is -0.340 e. The van der Waals surface area contributed by atoms with Crippen LogP contribution in [0.25, 0.3) is 0 Å². The number of aryl methyl sites for hydroxylation is 1. The summed E-state index contributed by atoms with van der Waals surface area (Å²) in [6, 6.07) is 10.3. The number of benzene rings is 1. The average Bonchev–Trinajstić information content (AvgIpc) is 2.37.